The minimum absolute atomic E-state index is 0.309. The second kappa shape index (κ2) is 5.38. The van der Waals surface area contributed by atoms with Gasteiger partial charge in [0.25, 0.3) is 0 Å². The summed E-state index contributed by atoms with van der Waals surface area (Å²) in [6, 6.07) is 0. The van der Waals surface area contributed by atoms with Crippen LogP contribution in [0.15, 0.2) is 0 Å². The molecule has 100 valence electrons. The predicted molar refractivity (Wildman–Crippen MR) is 59.8 cm³/mol. The largest absolute Gasteiger partial charge is 0.389 e. The van der Waals surface area contributed by atoms with Crippen LogP contribution in [0.1, 0.15) is 46.0 Å². The smallest absolute Gasteiger partial charge is 0.298 e. The first-order valence-corrected chi connectivity index (χ1v) is 6.08. The van der Waals surface area contributed by atoms with Crippen LogP contribution < -0.4 is 0 Å². The highest BCUT2D eigenvalue weighted by Gasteiger charge is 2.37. The molecule has 1 rings (SSSR count). The maximum absolute atomic E-state index is 12.1. The number of carbonyl (C=O) groups is 1. The molecule has 2 nitrogen and oxygen atoms in total. The van der Waals surface area contributed by atoms with Crippen molar-refractivity contribution in [2.24, 2.45) is 0 Å². The maximum Gasteiger partial charge on any atom is 0.389 e. The summed E-state index contributed by atoms with van der Waals surface area (Å²) in [6.07, 6.45) is -2.47. The average molecular weight is 251 g/mol. The zero-order chi connectivity index (χ0) is 13.1. The van der Waals surface area contributed by atoms with E-state index in [0.29, 0.717) is 0 Å². The lowest BCUT2D eigenvalue weighted by atomic mass is 9.91. The van der Waals surface area contributed by atoms with E-state index in [1.54, 1.807) is 13.8 Å². The summed E-state index contributed by atoms with van der Waals surface area (Å²) < 4.78 is 36.2. The fourth-order valence-corrected chi connectivity index (χ4v) is 2.19. The lowest BCUT2D eigenvalue weighted by Gasteiger charge is -2.39. The summed E-state index contributed by atoms with van der Waals surface area (Å²) in [7, 11) is 0. The van der Waals surface area contributed by atoms with Gasteiger partial charge in [-0.05, 0) is 39.8 Å². The molecule has 0 atom stereocenters. The van der Waals surface area contributed by atoms with Crippen molar-refractivity contribution in [1.82, 2.24) is 4.90 Å². The number of rotatable bonds is 4. The first kappa shape index (κ1) is 14.5. The number of carbonyl (C=O) groups excluding carboxylic acids is 1. The molecule has 0 aromatic rings. The van der Waals surface area contributed by atoms with Gasteiger partial charge in [-0.1, -0.05) is 6.42 Å². The number of hydrogen-bond donors (Lipinski definition) is 0. The summed E-state index contributed by atoms with van der Waals surface area (Å²) in [5.41, 5.74) is -0.758. The molecule has 1 aliphatic heterocycles. The maximum atomic E-state index is 12.1. The van der Waals surface area contributed by atoms with E-state index in [4.69, 9.17) is 0 Å². The zero-order valence-corrected chi connectivity index (χ0v) is 10.4. The Morgan fingerprint density at radius 1 is 1.12 bits per heavy atom. The highest BCUT2D eigenvalue weighted by molar-refractivity contribution is 5.87. The van der Waals surface area contributed by atoms with Gasteiger partial charge in [0.1, 0.15) is 0 Å². The minimum atomic E-state index is -4.24. The summed E-state index contributed by atoms with van der Waals surface area (Å²) in [5, 5.41) is 0. The minimum Gasteiger partial charge on any atom is -0.298 e. The second-order valence-electron chi connectivity index (χ2n) is 5.15. The number of Topliss-reactive ketones (excluding diaryl/α,β-unsaturated/α-hetero) is 1. The average Bonchev–Trinajstić information content (AvgIpc) is 2.26. The molecule has 0 amide bonds. The number of likely N-dealkylation sites (tertiary alicyclic amines) is 1. The molecule has 0 aliphatic carbocycles. The number of alkyl halides is 3. The Morgan fingerprint density at radius 2 is 1.65 bits per heavy atom. The van der Waals surface area contributed by atoms with E-state index >= 15 is 0 Å². The van der Waals surface area contributed by atoms with Crippen LogP contribution in [-0.2, 0) is 4.79 Å². The third kappa shape index (κ3) is 4.30. The number of nitrogens with zero attached hydrogens (tertiary/aromatic N) is 1. The Hall–Kier alpha value is -0.580. The van der Waals surface area contributed by atoms with Crippen molar-refractivity contribution in [3.05, 3.63) is 0 Å². The highest BCUT2D eigenvalue weighted by Crippen LogP contribution is 2.27. The molecule has 1 fully saturated rings. The van der Waals surface area contributed by atoms with Crippen LogP contribution in [0.4, 0.5) is 13.2 Å². The molecule has 0 aromatic carbocycles. The lowest BCUT2D eigenvalue weighted by Crippen LogP contribution is -2.52. The molecule has 0 aromatic heterocycles. The topological polar surface area (TPSA) is 20.3 Å². The van der Waals surface area contributed by atoms with Gasteiger partial charge >= 0.3 is 6.18 Å². The van der Waals surface area contributed by atoms with Crippen molar-refractivity contribution in [2.75, 3.05) is 13.1 Å². The Kier molecular flexibility index (Phi) is 4.58. The fourth-order valence-electron chi connectivity index (χ4n) is 2.19. The molecule has 0 unspecified atom stereocenters. The molecule has 1 heterocycles. The highest BCUT2D eigenvalue weighted by atomic mass is 19.4. The quantitative estimate of drug-likeness (QED) is 0.765. The molecular formula is C12H20F3NO. The molecular weight excluding hydrogens is 231 g/mol. The van der Waals surface area contributed by atoms with Crippen molar-refractivity contribution in [1.29, 1.82) is 0 Å². The molecule has 5 heteroatoms. The Balaban J connectivity index is 2.53. The molecule has 0 N–H and O–H groups in total. The van der Waals surface area contributed by atoms with Crippen molar-refractivity contribution in [2.45, 2.75) is 57.7 Å². The number of hydrogen-bond acceptors (Lipinski definition) is 2. The van der Waals surface area contributed by atoms with E-state index in [9.17, 15) is 18.0 Å². The first-order chi connectivity index (χ1) is 7.73. The number of halogens is 3. The van der Waals surface area contributed by atoms with Gasteiger partial charge in [-0.15, -0.1) is 0 Å². The van der Waals surface area contributed by atoms with Crippen LogP contribution in [-0.4, -0.2) is 35.5 Å². The predicted octanol–water partition coefficient (Wildman–Crippen LogP) is 3.16. The number of ketones is 1. The van der Waals surface area contributed by atoms with Crippen molar-refractivity contribution < 1.29 is 18.0 Å². The summed E-state index contributed by atoms with van der Waals surface area (Å²) >= 11 is 0. The van der Waals surface area contributed by atoms with Crippen LogP contribution in [0, 0.1) is 0 Å². The molecule has 1 aliphatic rings. The Bertz CT molecular complexity index is 267. The molecule has 0 saturated carbocycles. The Morgan fingerprint density at radius 3 is 2.12 bits per heavy atom. The third-order valence-corrected chi connectivity index (χ3v) is 3.46. The first-order valence-electron chi connectivity index (χ1n) is 6.08. The van der Waals surface area contributed by atoms with E-state index in [2.05, 4.69) is 0 Å². The van der Waals surface area contributed by atoms with Gasteiger partial charge in [0.15, 0.2) is 5.78 Å². The fraction of sp³-hybridized carbons (Fsp3) is 0.917. The van der Waals surface area contributed by atoms with E-state index in [0.717, 1.165) is 32.4 Å². The van der Waals surface area contributed by atoms with Gasteiger partial charge in [-0.25, -0.2) is 0 Å². The molecule has 0 radical (unpaired) electrons. The van der Waals surface area contributed by atoms with Gasteiger partial charge in [0.2, 0.25) is 0 Å². The lowest BCUT2D eigenvalue weighted by molar-refractivity contribution is -0.148. The van der Waals surface area contributed by atoms with Crippen LogP contribution in [0.5, 0.6) is 0 Å². The van der Waals surface area contributed by atoms with Crippen molar-refractivity contribution >= 4 is 5.78 Å². The van der Waals surface area contributed by atoms with Gasteiger partial charge in [-0.2, -0.15) is 13.2 Å². The Labute approximate surface area is 100 Å². The van der Waals surface area contributed by atoms with Crippen LogP contribution >= 0.6 is 0 Å². The molecule has 0 bridgehead atoms. The molecule has 17 heavy (non-hydrogen) atoms. The van der Waals surface area contributed by atoms with E-state index in [1.165, 1.54) is 0 Å². The van der Waals surface area contributed by atoms with E-state index in [-0.39, 0.29) is 5.78 Å². The van der Waals surface area contributed by atoms with Crippen molar-refractivity contribution in [3.63, 3.8) is 0 Å². The van der Waals surface area contributed by atoms with Gasteiger partial charge in [0, 0.05) is 6.42 Å². The summed E-state index contributed by atoms with van der Waals surface area (Å²) in [5.74, 6) is -0.309. The second-order valence-corrected chi connectivity index (χ2v) is 5.15. The standard InChI is InChI=1S/C12H20F3NO/c1-11(2,16-8-4-3-5-9-16)10(17)6-7-12(13,14)15/h3-9H2,1-2H3. The molecule has 1 saturated heterocycles. The van der Waals surface area contributed by atoms with Crippen molar-refractivity contribution in [3.8, 4) is 0 Å². The number of piperidine rings is 1. The zero-order valence-electron chi connectivity index (χ0n) is 10.4. The monoisotopic (exact) mass is 251 g/mol. The van der Waals surface area contributed by atoms with Gasteiger partial charge in [-0.3, -0.25) is 9.69 Å². The van der Waals surface area contributed by atoms with E-state index in [1.807, 2.05) is 4.90 Å². The SMILES string of the molecule is CC(C)(C(=O)CCC(F)(F)F)N1CCCCC1. The summed E-state index contributed by atoms with van der Waals surface area (Å²) in [6.45, 7) is 5.09. The third-order valence-electron chi connectivity index (χ3n) is 3.46. The van der Waals surface area contributed by atoms with Crippen LogP contribution in [0.2, 0.25) is 0 Å². The van der Waals surface area contributed by atoms with E-state index < -0.39 is 24.6 Å². The summed E-state index contributed by atoms with van der Waals surface area (Å²) in [4.78, 5) is 13.9. The van der Waals surface area contributed by atoms with Crippen LogP contribution in [0.3, 0.4) is 0 Å². The van der Waals surface area contributed by atoms with Gasteiger partial charge < -0.3 is 0 Å². The molecule has 0 spiro atoms. The normalized spacial score (nSPS) is 19.4. The van der Waals surface area contributed by atoms with Gasteiger partial charge in [0.05, 0.1) is 12.0 Å². The van der Waals surface area contributed by atoms with Crippen LogP contribution in [0.25, 0.3) is 0 Å².